The molecule has 0 aromatic heterocycles. The van der Waals surface area contributed by atoms with Crippen LogP contribution in [0.2, 0.25) is 0 Å². The lowest BCUT2D eigenvalue weighted by atomic mass is 9.75. The lowest BCUT2D eigenvalue weighted by Gasteiger charge is -2.36. The smallest absolute Gasteiger partial charge is 0.00978 e. The van der Waals surface area contributed by atoms with E-state index in [1.165, 1.54) is 57.8 Å². The maximum Gasteiger partial charge on any atom is 0.00978 e. The van der Waals surface area contributed by atoms with Crippen LogP contribution >= 0.6 is 0 Å². The van der Waals surface area contributed by atoms with E-state index in [1.54, 1.807) is 0 Å². The summed E-state index contributed by atoms with van der Waals surface area (Å²) in [6.07, 6.45) is 13.4. The average molecular weight is 209 g/mol. The molecule has 2 rings (SSSR count). The van der Waals surface area contributed by atoms with Gasteiger partial charge in [-0.3, -0.25) is 0 Å². The van der Waals surface area contributed by atoms with Gasteiger partial charge in [-0.1, -0.05) is 45.4 Å². The summed E-state index contributed by atoms with van der Waals surface area (Å²) in [6.45, 7) is 3.42. The third-order valence-corrected chi connectivity index (χ3v) is 4.50. The summed E-state index contributed by atoms with van der Waals surface area (Å²) in [5, 5.41) is 3.75. The lowest BCUT2D eigenvalue weighted by molar-refractivity contribution is 0.195. The summed E-state index contributed by atoms with van der Waals surface area (Å²) < 4.78 is 0. The summed E-state index contributed by atoms with van der Waals surface area (Å²) in [5.74, 6) is 2.07. The zero-order valence-corrected chi connectivity index (χ0v) is 10.3. The minimum atomic E-state index is 0.848. The molecule has 0 saturated heterocycles. The largest absolute Gasteiger partial charge is 0.314 e. The maximum absolute atomic E-state index is 3.75. The first-order valence-corrected chi connectivity index (χ1v) is 7.13. The van der Waals surface area contributed by atoms with Crippen molar-refractivity contribution in [3.05, 3.63) is 0 Å². The molecule has 0 spiro atoms. The van der Waals surface area contributed by atoms with Crippen molar-refractivity contribution in [3.63, 3.8) is 0 Å². The highest BCUT2D eigenvalue weighted by Crippen LogP contribution is 2.35. The van der Waals surface area contributed by atoms with Crippen LogP contribution in [-0.4, -0.2) is 12.6 Å². The maximum atomic E-state index is 3.75. The van der Waals surface area contributed by atoms with Crippen LogP contribution in [0.5, 0.6) is 0 Å². The molecule has 1 nitrogen and oxygen atoms in total. The normalized spacial score (nSPS) is 26.2. The molecule has 0 heterocycles. The Balaban J connectivity index is 1.79. The van der Waals surface area contributed by atoms with Gasteiger partial charge >= 0.3 is 0 Å². The predicted molar refractivity (Wildman–Crippen MR) is 66.0 cm³/mol. The Hall–Kier alpha value is -0.0400. The van der Waals surface area contributed by atoms with Gasteiger partial charge < -0.3 is 5.32 Å². The molecule has 0 radical (unpaired) electrons. The molecular weight excluding hydrogens is 182 g/mol. The van der Waals surface area contributed by atoms with E-state index in [4.69, 9.17) is 0 Å². The van der Waals surface area contributed by atoms with Gasteiger partial charge in [-0.05, 0) is 37.6 Å². The van der Waals surface area contributed by atoms with Crippen molar-refractivity contribution in [2.45, 2.75) is 70.8 Å². The molecule has 2 fully saturated rings. The highest BCUT2D eigenvalue weighted by Gasteiger charge is 2.27. The van der Waals surface area contributed by atoms with Crippen LogP contribution < -0.4 is 5.32 Å². The van der Waals surface area contributed by atoms with Crippen molar-refractivity contribution in [2.75, 3.05) is 6.54 Å². The first-order valence-electron chi connectivity index (χ1n) is 7.13. The Morgan fingerprint density at radius 3 is 2.27 bits per heavy atom. The first-order chi connectivity index (χ1) is 7.40. The van der Waals surface area contributed by atoms with E-state index in [9.17, 15) is 0 Å². The van der Waals surface area contributed by atoms with E-state index in [1.807, 2.05) is 0 Å². The van der Waals surface area contributed by atoms with Crippen molar-refractivity contribution in [3.8, 4) is 0 Å². The number of nitrogens with one attached hydrogen (secondary N) is 1. The molecule has 0 aliphatic heterocycles. The van der Waals surface area contributed by atoms with Crippen molar-refractivity contribution in [2.24, 2.45) is 11.8 Å². The zero-order chi connectivity index (χ0) is 10.5. The van der Waals surface area contributed by atoms with Gasteiger partial charge in [0.2, 0.25) is 0 Å². The summed E-state index contributed by atoms with van der Waals surface area (Å²) in [5.41, 5.74) is 0. The zero-order valence-electron chi connectivity index (χ0n) is 10.3. The second-order valence-electron chi connectivity index (χ2n) is 5.59. The molecule has 1 atom stereocenters. The average Bonchev–Trinajstić information content (AvgIpc) is 2.23. The summed E-state index contributed by atoms with van der Waals surface area (Å²) in [6, 6.07) is 0.848. The fourth-order valence-electron chi connectivity index (χ4n) is 3.33. The van der Waals surface area contributed by atoms with Gasteiger partial charge in [0.15, 0.2) is 0 Å². The molecule has 1 N–H and O–H groups in total. The molecular formula is C14H27N. The fourth-order valence-corrected chi connectivity index (χ4v) is 3.33. The minimum absolute atomic E-state index is 0.848. The van der Waals surface area contributed by atoms with Crippen molar-refractivity contribution in [1.29, 1.82) is 0 Å². The van der Waals surface area contributed by atoms with Gasteiger partial charge in [-0.2, -0.15) is 0 Å². The molecule has 15 heavy (non-hydrogen) atoms. The Kier molecular flexibility index (Phi) is 4.49. The third-order valence-electron chi connectivity index (χ3n) is 4.50. The predicted octanol–water partition coefficient (Wildman–Crippen LogP) is 3.74. The van der Waals surface area contributed by atoms with E-state index in [-0.39, 0.29) is 0 Å². The second-order valence-corrected chi connectivity index (χ2v) is 5.59. The summed E-state index contributed by atoms with van der Waals surface area (Å²) >= 11 is 0. The number of hydrogen-bond donors (Lipinski definition) is 1. The highest BCUT2D eigenvalue weighted by atomic mass is 14.9. The van der Waals surface area contributed by atoms with Crippen LogP contribution in [0.1, 0.15) is 64.7 Å². The van der Waals surface area contributed by atoms with Crippen LogP contribution in [0, 0.1) is 11.8 Å². The van der Waals surface area contributed by atoms with Crippen LogP contribution in [0.25, 0.3) is 0 Å². The van der Waals surface area contributed by atoms with Crippen LogP contribution in [0.3, 0.4) is 0 Å². The van der Waals surface area contributed by atoms with Crippen molar-refractivity contribution in [1.82, 2.24) is 5.32 Å². The van der Waals surface area contributed by atoms with Gasteiger partial charge in [-0.25, -0.2) is 0 Å². The molecule has 2 aliphatic carbocycles. The molecule has 88 valence electrons. The van der Waals surface area contributed by atoms with E-state index in [2.05, 4.69) is 12.2 Å². The molecule has 0 aromatic rings. The lowest BCUT2D eigenvalue weighted by Crippen LogP contribution is -2.39. The molecule has 2 saturated carbocycles. The molecule has 0 amide bonds. The third kappa shape index (κ3) is 3.21. The van der Waals surface area contributed by atoms with Gasteiger partial charge in [0.25, 0.3) is 0 Å². The molecule has 2 aliphatic rings. The Morgan fingerprint density at radius 1 is 1.00 bits per heavy atom. The monoisotopic (exact) mass is 209 g/mol. The SMILES string of the molecule is CCNC(CC1CCC1)C1CCCCC1. The van der Waals surface area contributed by atoms with Gasteiger partial charge in [0, 0.05) is 6.04 Å². The van der Waals surface area contributed by atoms with Gasteiger partial charge in [0.05, 0.1) is 0 Å². The van der Waals surface area contributed by atoms with Crippen LogP contribution in [-0.2, 0) is 0 Å². The van der Waals surface area contributed by atoms with Crippen LogP contribution in [0.4, 0.5) is 0 Å². The van der Waals surface area contributed by atoms with E-state index in [0.29, 0.717) is 0 Å². The Bertz CT molecular complexity index is 168. The van der Waals surface area contributed by atoms with E-state index in [0.717, 1.165) is 24.4 Å². The molecule has 1 unspecified atom stereocenters. The van der Waals surface area contributed by atoms with E-state index >= 15 is 0 Å². The highest BCUT2D eigenvalue weighted by molar-refractivity contribution is 4.83. The van der Waals surface area contributed by atoms with Crippen molar-refractivity contribution < 1.29 is 0 Å². The quantitative estimate of drug-likeness (QED) is 0.727. The van der Waals surface area contributed by atoms with E-state index < -0.39 is 0 Å². The number of rotatable bonds is 5. The Morgan fingerprint density at radius 2 is 1.73 bits per heavy atom. The second kappa shape index (κ2) is 5.89. The number of hydrogen-bond acceptors (Lipinski definition) is 1. The molecule has 0 aromatic carbocycles. The first kappa shape index (κ1) is 11.4. The van der Waals surface area contributed by atoms with Gasteiger partial charge in [0.1, 0.15) is 0 Å². The Labute approximate surface area is 95.0 Å². The van der Waals surface area contributed by atoms with Crippen molar-refractivity contribution >= 4 is 0 Å². The molecule has 1 heteroatoms. The topological polar surface area (TPSA) is 12.0 Å². The fraction of sp³-hybridized carbons (Fsp3) is 1.00. The molecule has 0 bridgehead atoms. The van der Waals surface area contributed by atoms with Crippen LogP contribution in [0.15, 0.2) is 0 Å². The minimum Gasteiger partial charge on any atom is -0.314 e. The summed E-state index contributed by atoms with van der Waals surface area (Å²) in [4.78, 5) is 0. The summed E-state index contributed by atoms with van der Waals surface area (Å²) in [7, 11) is 0. The van der Waals surface area contributed by atoms with Gasteiger partial charge in [-0.15, -0.1) is 0 Å². The standard InChI is InChI=1S/C14H27N/c1-2-15-14(11-12-7-6-8-12)13-9-4-3-5-10-13/h12-15H,2-11H2,1H3.